The molecule has 0 aromatic heterocycles. The van der Waals surface area contributed by atoms with Gasteiger partial charge in [0.25, 0.3) is 17.8 Å². The second-order valence-corrected chi connectivity index (χ2v) is 7.40. The number of amidine groups is 2. The molecule has 2 rings (SSSR count). The van der Waals surface area contributed by atoms with Crippen LogP contribution in [0.4, 0.5) is 4.79 Å². The van der Waals surface area contributed by atoms with Crippen molar-refractivity contribution in [3.63, 3.8) is 0 Å². The monoisotopic (exact) mass is 390 g/mol. The Kier molecular flexibility index (Phi) is 7.29. The van der Waals surface area contributed by atoms with Crippen LogP contribution in [0.1, 0.15) is 20.8 Å². The van der Waals surface area contributed by atoms with Crippen molar-refractivity contribution in [1.82, 2.24) is 15.1 Å². The van der Waals surface area contributed by atoms with E-state index in [1.165, 1.54) is 19.1 Å². The highest BCUT2D eigenvalue weighted by atomic mass is 35.5. The van der Waals surface area contributed by atoms with Gasteiger partial charge in [-0.2, -0.15) is 0 Å². The standard InChI is InChI=1S/C16H28N5O4.ClH/c1-16(2,3)17-7-10(22)8-21-11(9-25-6)18-13-12(21)14(23)20(5)15(24)19(13)4;/h10,12,17,22H,7-9H2,1-6H3;1H/q+1;. The van der Waals surface area contributed by atoms with E-state index >= 15 is 0 Å². The molecule has 0 aromatic carbocycles. The zero-order chi connectivity index (χ0) is 18.9. The van der Waals surface area contributed by atoms with Crippen LogP contribution in [-0.2, 0) is 9.53 Å². The number of methoxy groups -OCH3 is 1. The molecule has 0 spiro atoms. The Bertz CT molecular complexity index is 629. The van der Waals surface area contributed by atoms with Crippen LogP contribution in [0.15, 0.2) is 4.99 Å². The van der Waals surface area contributed by atoms with Gasteiger partial charge in [0, 0.05) is 33.3 Å². The number of ether oxygens (including phenoxy) is 1. The Morgan fingerprint density at radius 3 is 2.46 bits per heavy atom. The van der Waals surface area contributed by atoms with Gasteiger partial charge in [0.2, 0.25) is 0 Å². The van der Waals surface area contributed by atoms with Crippen LogP contribution in [0.2, 0.25) is 0 Å². The third-order valence-corrected chi connectivity index (χ3v) is 4.16. The number of imide groups is 1. The first-order valence-corrected chi connectivity index (χ1v) is 8.25. The van der Waals surface area contributed by atoms with Crippen LogP contribution in [0, 0.1) is 0 Å². The minimum atomic E-state index is -0.720. The molecule has 9 nitrogen and oxygen atoms in total. The van der Waals surface area contributed by atoms with Crippen LogP contribution in [0.25, 0.3) is 0 Å². The number of halogens is 1. The van der Waals surface area contributed by atoms with Gasteiger partial charge in [-0.25, -0.2) is 9.37 Å². The summed E-state index contributed by atoms with van der Waals surface area (Å²) in [6, 6.07) is -1.14. The Balaban J connectivity index is 0.00000338. The number of urea groups is 1. The molecule has 2 atom stereocenters. The van der Waals surface area contributed by atoms with Crippen molar-refractivity contribution in [2.45, 2.75) is 38.5 Å². The Hall–Kier alpha value is -1.55. The van der Waals surface area contributed by atoms with Crippen LogP contribution in [0.5, 0.6) is 0 Å². The average molecular weight is 391 g/mol. The molecule has 0 saturated carbocycles. The third kappa shape index (κ3) is 4.59. The summed E-state index contributed by atoms with van der Waals surface area (Å²) in [4.78, 5) is 31.6. The van der Waals surface area contributed by atoms with Crippen LogP contribution < -0.4 is 5.32 Å². The minimum absolute atomic E-state index is 0. The molecule has 3 amide bonds. The molecule has 10 heteroatoms. The second-order valence-electron chi connectivity index (χ2n) is 7.40. The van der Waals surface area contributed by atoms with Crippen molar-refractivity contribution in [2.24, 2.45) is 4.99 Å². The quantitative estimate of drug-likeness (QED) is 0.597. The van der Waals surface area contributed by atoms with E-state index in [-0.39, 0.29) is 37.0 Å². The van der Waals surface area contributed by atoms with Crippen molar-refractivity contribution in [3.05, 3.63) is 0 Å². The molecule has 2 N–H and O–H groups in total. The summed E-state index contributed by atoms with van der Waals surface area (Å²) in [5, 5.41) is 13.6. The normalized spacial score (nSPS) is 21.7. The average Bonchev–Trinajstić information content (AvgIpc) is 2.87. The summed E-state index contributed by atoms with van der Waals surface area (Å²) in [6.07, 6.45) is -0.707. The highest BCUT2D eigenvalue weighted by molar-refractivity contribution is 6.22. The lowest BCUT2D eigenvalue weighted by Gasteiger charge is -2.31. The summed E-state index contributed by atoms with van der Waals surface area (Å²) in [6.45, 7) is 6.82. The molecule has 0 radical (unpaired) electrons. The van der Waals surface area contributed by atoms with E-state index in [1.54, 1.807) is 11.6 Å². The lowest BCUT2D eigenvalue weighted by molar-refractivity contribution is -0.544. The predicted octanol–water partition coefficient (Wildman–Crippen LogP) is -0.481. The summed E-state index contributed by atoms with van der Waals surface area (Å²) < 4.78 is 6.89. The van der Waals surface area contributed by atoms with E-state index in [0.29, 0.717) is 18.2 Å². The van der Waals surface area contributed by atoms with E-state index in [4.69, 9.17) is 4.74 Å². The van der Waals surface area contributed by atoms with Crippen molar-refractivity contribution >= 4 is 36.0 Å². The van der Waals surface area contributed by atoms with Crippen LogP contribution >= 0.6 is 12.4 Å². The minimum Gasteiger partial charge on any atom is -0.388 e. The predicted molar refractivity (Wildman–Crippen MR) is 100 cm³/mol. The number of likely N-dealkylation sites (N-methyl/N-ethyl adjacent to an activating group) is 2. The molecule has 2 heterocycles. The van der Waals surface area contributed by atoms with Gasteiger partial charge in [0.1, 0.15) is 12.6 Å². The maximum absolute atomic E-state index is 12.6. The van der Waals surface area contributed by atoms with Crippen molar-refractivity contribution in [3.8, 4) is 0 Å². The molecule has 2 unspecified atom stereocenters. The molecule has 0 aromatic rings. The number of rotatable bonds is 6. The number of carbonyl (C=O) groups excluding carboxylic acids is 2. The maximum Gasteiger partial charge on any atom is 0.333 e. The molecule has 0 bridgehead atoms. The number of β-amino-alcohol motifs (C(OH)–C–C–N with tert-alkyl or cyclic N) is 1. The van der Waals surface area contributed by atoms with Gasteiger partial charge < -0.3 is 15.2 Å². The first-order valence-electron chi connectivity index (χ1n) is 8.25. The number of hydrogen-bond donors (Lipinski definition) is 2. The number of carbonyl (C=O) groups is 2. The third-order valence-electron chi connectivity index (χ3n) is 4.16. The zero-order valence-corrected chi connectivity index (χ0v) is 17.0. The fourth-order valence-corrected chi connectivity index (χ4v) is 2.82. The maximum atomic E-state index is 12.6. The van der Waals surface area contributed by atoms with Gasteiger partial charge in [-0.05, 0) is 25.8 Å². The number of nitrogens with zero attached hydrogens (tertiary/aromatic N) is 4. The number of fused-ring (bicyclic) bond motifs is 1. The fraction of sp³-hybridized carbons (Fsp3) is 0.750. The van der Waals surface area contributed by atoms with Crippen LogP contribution in [-0.4, -0.2) is 102 Å². The second kappa shape index (κ2) is 8.43. The van der Waals surface area contributed by atoms with Crippen molar-refractivity contribution in [1.29, 1.82) is 0 Å². The van der Waals surface area contributed by atoms with E-state index in [2.05, 4.69) is 10.3 Å². The summed E-state index contributed by atoms with van der Waals surface area (Å²) in [7, 11) is 4.57. The summed E-state index contributed by atoms with van der Waals surface area (Å²) >= 11 is 0. The highest BCUT2D eigenvalue weighted by Crippen LogP contribution is 2.19. The topological polar surface area (TPSA) is 97.5 Å². The molecule has 1 fully saturated rings. The molecule has 1 saturated heterocycles. The molecular weight excluding hydrogens is 362 g/mol. The van der Waals surface area contributed by atoms with E-state index in [9.17, 15) is 14.7 Å². The first-order chi connectivity index (χ1) is 11.6. The summed E-state index contributed by atoms with van der Waals surface area (Å²) in [5.74, 6) is 0.542. The number of hydrogen-bond acceptors (Lipinski definition) is 6. The molecule has 2 aliphatic rings. The zero-order valence-electron chi connectivity index (χ0n) is 16.1. The van der Waals surface area contributed by atoms with Crippen LogP contribution in [0.3, 0.4) is 0 Å². The number of nitrogens with one attached hydrogen (secondary N) is 1. The summed E-state index contributed by atoms with van der Waals surface area (Å²) in [5.41, 5.74) is -0.125. The lowest BCUT2D eigenvalue weighted by atomic mass is 10.1. The molecule has 2 aliphatic heterocycles. The molecule has 0 aliphatic carbocycles. The van der Waals surface area contributed by atoms with Gasteiger partial charge in [0.05, 0.1) is 0 Å². The van der Waals surface area contributed by atoms with Crippen molar-refractivity contribution < 1.29 is 24.0 Å². The Labute approximate surface area is 160 Å². The van der Waals surface area contributed by atoms with Crippen molar-refractivity contribution in [2.75, 3.05) is 40.9 Å². The smallest absolute Gasteiger partial charge is 0.333 e. The SMILES string of the molecule is COCC1=[N+](CC(O)CNC(C)(C)C)C2C(=O)N(C)C(=O)N(C)C2=N1.Cl. The van der Waals surface area contributed by atoms with E-state index in [0.717, 1.165) is 4.90 Å². The number of amides is 3. The molecule has 148 valence electrons. The fourth-order valence-electron chi connectivity index (χ4n) is 2.82. The van der Waals surface area contributed by atoms with Gasteiger partial charge >= 0.3 is 11.9 Å². The van der Waals surface area contributed by atoms with Gasteiger partial charge in [-0.15, -0.1) is 12.4 Å². The largest absolute Gasteiger partial charge is 0.388 e. The van der Waals surface area contributed by atoms with Gasteiger partial charge in [0.15, 0.2) is 6.61 Å². The van der Waals surface area contributed by atoms with Gasteiger partial charge in [-0.1, -0.05) is 0 Å². The van der Waals surface area contributed by atoms with E-state index < -0.39 is 18.2 Å². The Morgan fingerprint density at radius 2 is 1.92 bits per heavy atom. The number of aliphatic imine (C=N–C) groups is 1. The number of aliphatic hydroxyl groups is 1. The highest BCUT2D eigenvalue weighted by Gasteiger charge is 2.53. The van der Waals surface area contributed by atoms with Gasteiger partial charge in [-0.3, -0.25) is 14.6 Å². The molecule has 26 heavy (non-hydrogen) atoms. The first kappa shape index (κ1) is 22.5. The lowest BCUT2D eigenvalue weighted by Crippen LogP contribution is -2.62. The number of aliphatic hydroxyl groups excluding tert-OH is 1. The Morgan fingerprint density at radius 1 is 1.31 bits per heavy atom. The molecular formula is C16H29ClN5O4+. The van der Waals surface area contributed by atoms with E-state index in [1.807, 2.05) is 20.8 Å².